The van der Waals surface area contributed by atoms with Gasteiger partial charge < -0.3 is 0 Å². The summed E-state index contributed by atoms with van der Waals surface area (Å²) in [6.45, 7) is 6.20. The van der Waals surface area contributed by atoms with Gasteiger partial charge in [0.2, 0.25) is 0 Å². The first-order valence-corrected chi connectivity index (χ1v) is 6.75. The second kappa shape index (κ2) is 5.34. The normalized spacial score (nSPS) is 10.7. The molecule has 0 aliphatic carbocycles. The van der Waals surface area contributed by atoms with E-state index in [0.717, 1.165) is 27.6 Å². The molecule has 0 amide bonds. The van der Waals surface area contributed by atoms with Crippen molar-refractivity contribution < 1.29 is 0 Å². The fourth-order valence-electron chi connectivity index (χ4n) is 2.09. The second-order valence-corrected chi connectivity index (χ2v) is 5.47. The first kappa shape index (κ1) is 13.5. The van der Waals surface area contributed by atoms with Crippen LogP contribution in [0.25, 0.3) is 0 Å². The maximum Gasteiger partial charge on any atom is 0.0470 e. The van der Waals surface area contributed by atoms with Gasteiger partial charge in [-0.3, -0.25) is 0 Å². The number of aryl methyl sites for hydroxylation is 1. The summed E-state index contributed by atoms with van der Waals surface area (Å²) in [5.41, 5.74) is 5.97. The van der Waals surface area contributed by atoms with Crippen molar-refractivity contribution in [1.82, 2.24) is 0 Å². The fraction of sp³-hybridized carbons (Fsp3) is 0.250. The summed E-state index contributed by atoms with van der Waals surface area (Å²) in [6.07, 6.45) is 0.852. The van der Waals surface area contributed by atoms with E-state index < -0.39 is 0 Å². The Morgan fingerprint density at radius 3 is 2.28 bits per heavy atom. The summed E-state index contributed by atoms with van der Waals surface area (Å²) < 4.78 is 0. The van der Waals surface area contributed by atoms with Crippen molar-refractivity contribution >= 4 is 23.2 Å². The van der Waals surface area contributed by atoms with Crippen molar-refractivity contribution in [2.75, 3.05) is 0 Å². The highest BCUT2D eigenvalue weighted by Crippen LogP contribution is 2.27. The molecule has 0 heterocycles. The van der Waals surface area contributed by atoms with Crippen LogP contribution in [0.1, 0.15) is 27.8 Å². The van der Waals surface area contributed by atoms with Crippen molar-refractivity contribution in [2.45, 2.75) is 27.2 Å². The maximum atomic E-state index is 6.34. The lowest BCUT2D eigenvalue weighted by Gasteiger charge is -2.12. The average Bonchev–Trinajstić information content (AvgIpc) is 2.35. The molecule has 0 aliphatic rings. The van der Waals surface area contributed by atoms with Crippen molar-refractivity contribution in [3.8, 4) is 0 Å². The maximum absolute atomic E-state index is 6.34. The molecule has 2 aromatic rings. The number of hydrogen-bond donors (Lipinski definition) is 0. The van der Waals surface area contributed by atoms with E-state index in [1.54, 1.807) is 0 Å². The quantitative estimate of drug-likeness (QED) is 0.680. The van der Waals surface area contributed by atoms with Gasteiger partial charge in [0.25, 0.3) is 0 Å². The molecule has 0 radical (unpaired) electrons. The fourth-order valence-corrected chi connectivity index (χ4v) is 2.48. The Morgan fingerprint density at radius 1 is 0.833 bits per heavy atom. The molecule has 0 aliphatic heterocycles. The minimum Gasteiger partial charge on any atom is -0.0840 e. The van der Waals surface area contributed by atoms with Gasteiger partial charge in [0.05, 0.1) is 0 Å². The summed E-state index contributed by atoms with van der Waals surface area (Å²) in [5, 5.41) is 1.69. The van der Waals surface area contributed by atoms with Gasteiger partial charge in [-0.25, -0.2) is 0 Å². The van der Waals surface area contributed by atoms with Gasteiger partial charge in [-0.05, 0) is 61.1 Å². The molecule has 2 heteroatoms. The van der Waals surface area contributed by atoms with Crippen molar-refractivity contribution in [3.63, 3.8) is 0 Å². The molecule has 2 aromatic carbocycles. The zero-order valence-electron chi connectivity index (χ0n) is 10.8. The number of rotatable bonds is 2. The van der Waals surface area contributed by atoms with E-state index in [2.05, 4.69) is 32.0 Å². The molecule has 2 rings (SSSR count). The smallest absolute Gasteiger partial charge is 0.0470 e. The molecular formula is C16H16Cl2. The van der Waals surface area contributed by atoms with Crippen LogP contribution in [0.15, 0.2) is 30.3 Å². The SMILES string of the molecule is Cc1cccc(Cc2ccc(Cl)c(C)c2C)c1Cl. The summed E-state index contributed by atoms with van der Waals surface area (Å²) in [7, 11) is 0. The van der Waals surface area contributed by atoms with E-state index in [0.29, 0.717) is 0 Å². The number of hydrogen-bond acceptors (Lipinski definition) is 0. The van der Waals surface area contributed by atoms with Crippen LogP contribution in [0.3, 0.4) is 0 Å². The van der Waals surface area contributed by atoms with Crippen LogP contribution in [0, 0.1) is 20.8 Å². The van der Waals surface area contributed by atoms with Crippen molar-refractivity contribution in [1.29, 1.82) is 0 Å². The van der Waals surface area contributed by atoms with Crippen molar-refractivity contribution in [2.24, 2.45) is 0 Å². The van der Waals surface area contributed by atoms with Gasteiger partial charge in [-0.2, -0.15) is 0 Å². The second-order valence-electron chi connectivity index (χ2n) is 4.68. The van der Waals surface area contributed by atoms with Crippen LogP contribution in [0.5, 0.6) is 0 Å². The lowest BCUT2D eigenvalue weighted by Crippen LogP contribution is -1.96. The highest BCUT2D eigenvalue weighted by Gasteiger charge is 2.08. The molecule has 0 spiro atoms. The Morgan fingerprint density at radius 2 is 1.56 bits per heavy atom. The first-order valence-electron chi connectivity index (χ1n) is 5.99. The average molecular weight is 279 g/mol. The molecular weight excluding hydrogens is 263 g/mol. The van der Waals surface area contributed by atoms with Gasteiger partial charge >= 0.3 is 0 Å². The molecule has 0 bridgehead atoms. The van der Waals surface area contributed by atoms with Gasteiger partial charge in [0, 0.05) is 10.0 Å². The zero-order chi connectivity index (χ0) is 13.3. The Balaban J connectivity index is 2.41. The third-order valence-electron chi connectivity index (χ3n) is 3.49. The molecule has 0 N–H and O–H groups in total. The van der Waals surface area contributed by atoms with E-state index in [1.807, 2.05) is 19.1 Å². The zero-order valence-corrected chi connectivity index (χ0v) is 12.4. The number of benzene rings is 2. The van der Waals surface area contributed by atoms with Crippen LogP contribution in [0.2, 0.25) is 10.0 Å². The summed E-state index contributed by atoms with van der Waals surface area (Å²) >= 11 is 12.5. The van der Waals surface area contributed by atoms with Crippen LogP contribution in [0.4, 0.5) is 0 Å². The van der Waals surface area contributed by atoms with Gasteiger partial charge in [-0.15, -0.1) is 0 Å². The molecule has 0 nitrogen and oxygen atoms in total. The predicted octanol–water partition coefficient (Wildman–Crippen LogP) is 5.51. The summed E-state index contributed by atoms with van der Waals surface area (Å²) in [5.74, 6) is 0. The van der Waals surface area contributed by atoms with E-state index in [4.69, 9.17) is 23.2 Å². The van der Waals surface area contributed by atoms with E-state index in [9.17, 15) is 0 Å². The number of halogens is 2. The Bertz CT molecular complexity index is 586. The molecule has 0 atom stereocenters. The standard InChI is InChI=1S/C16H16Cl2/c1-10-5-4-6-14(16(10)18)9-13-7-8-15(17)12(3)11(13)2/h4-8H,9H2,1-3H3. The minimum atomic E-state index is 0.826. The van der Waals surface area contributed by atoms with Crippen LogP contribution in [-0.2, 0) is 6.42 Å². The highest BCUT2D eigenvalue weighted by atomic mass is 35.5. The molecule has 0 saturated carbocycles. The third kappa shape index (κ3) is 2.55. The topological polar surface area (TPSA) is 0 Å². The van der Waals surface area contributed by atoms with Crippen LogP contribution < -0.4 is 0 Å². The van der Waals surface area contributed by atoms with E-state index in [-0.39, 0.29) is 0 Å². The Labute approximate surface area is 119 Å². The predicted molar refractivity (Wildman–Crippen MR) is 79.9 cm³/mol. The van der Waals surface area contributed by atoms with Crippen molar-refractivity contribution in [3.05, 3.63) is 68.2 Å². The molecule has 0 unspecified atom stereocenters. The van der Waals surface area contributed by atoms with E-state index >= 15 is 0 Å². The molecule has 0 saturated heterocycles. The largest absolute Gasteiger partial charge is 0.0840 e. The summed E-state index contributed by atoms with van der Waals surface area (Å²) in [4.78, 5) is 0. The van der Waals surface area contributed by atoms with E-state index in [1.165, 1.54) is 16.7 Å². The minimum absolute atomic E-state index is 0.826. The lowest BCUT2D eigenvalue weighted by molar-refractivity contribution is 1.13. The lowest BCUT2D eigenvalue weighted by atomic mass is 9.96. The Hall–Kier alpha value is -0.980. The molecule has 0 fully saturated rings. The molecule has 0 aromatic heterocycles. The summed E-state index contributed by atoms with van der Waals surface area (Å²) in [6, 6.07) is 10.2. The van der Waals surface area contributed by atoms with Gasteiger partial charge in [0.15, 0.2) is 0 Å². The van der Waals surface area contributed by atoms with Crippen LogP contribution >= 0.6 is 23.2 Å². The molecule has 18 heavy (non-hydrogen) atoms. The molecule has 94 valence electrons. The monoisotopic (exact) mass is 278 g/mol. The third-order valence-corrected chi connectivity index (χ3v) is 4.44. The van der Waals surface area contributed by atoms with Gasteiger partial charge in [0.1, 0.15) is 0 Å². The van der Waals surface area contributed by atoms with Crippen LogP contribution in [-0.4, -0.2) is 0 Å². The Kier molecular flexibility index (Phi) is 3.99. The highest BCUT2D eigenvalue weighted by molar-refractivity contribution is 6.32. The van der Waals surface area contributed by atoms with Gasteiger partial charge in [-0.1, -0.05) is 47.5 Å². The first-order chi connectivity index (χ1) is 8.50.